The molecule has 1 fully saturated rings. The van der Waals surface area contributed by atoms with Crippen LogP contribution in [-0.4, -0.2) is 22.8 Å². The van der Waals surface area contributed by atoms with Gasteiger partial charge in [-0.1, -0.05) is 56.1 Å². The monoisotopic (exact) mass is 705 g/mol. The standard InChI is InChI=1S/C31H21Br2N3O7/c32-22-6-4-19(5-7-22)17-42-26-11-9-24(10-12-26)35-30(38)27(29(37)34-31(35)39)16-21-15-23(33)8-13-28(21)43-18-20-2-1-3-25(14-20)36(40)41/h1-16H,17-18H2,(H,34,37,39)/b27-16+. The van der Waals surface area contributed by atoms with E-state index in [0.717, 1.165) is 14.9 Å². The third kappa shape index (κ3) is 7.16. The van der Waals surface area contributed by atoms with Crippen LogP contribution >= 0.6 is 31.9 Å². The van der Waals surface area contributed by atoms with Crippen molar-refractivity contribution in [3.8, 4) is 11.5 Å². The number of nitrogens with one attached hydrogen (secondary N) is 1. The van der Waals surface area contributed by atoms with Crippen molar-refractivity contribution in [3.63, 3.8) is 0 Å². The summed E-state index contributed by atoms with van der Waals surface area (Å²) in [7, 11) is 0. The van der Waals surface area contributed by atoms with Gasteiger partial charge in [-0.25, -0.2) is 9.69 Å². The molecule has 0 unspecified atom stereocenters. The highest BCUT2D eigenvalue weighted by Crippen LogP contribution is 2.30. The van der Waals surface area contributed by atoms with Crippen molar-refractivity contribution >= 4 is 67.2 Å². The van der Waals surface area contributed by atoms with Crippen molar-refractivity contribution in [2.75, 3.05) is 4.90 Å². The average Bonchev–Trinajstić information content (AvgIpc) is 2.99. The predicted octanol–water partition coefficient (Wildman–Crippen LogP) is 6.94. The zero-order valence-electron chi connectivity index (χ0n) is 22.2. The average molecular weight is 707 g/mol. The summed E-state index contributed by atoms with van der Waals surface area (Å²) in [5, 5.41) is 13.3. The molecule has 12 heteroatoms. The Morgan fingerprint density at radius 2 is 1.51 bits per heavy atom. The maximum Gasteiger partial charge on any atom is 0.335 e. The molecule has 0 spiro atoms. The number of benzene rings is 4. The molecule has 4 aromatic rings. The summed E-state index contributed by atoms with van der Waals surface area (Å²) in [6.45, 7) is 0.329. The number of urea groups is 1. The van der Waals surface area contributed by atoms with Crippen LogP contribution in [0.25, 0.3) is 6.08 Å². The molecule has 1 heterocycles. The molecule has 0 atom stereocenters. The van der Waals surface area contributed by atoms with Gasteiger partial charge in [-0.2, -0.15) is 0 Å². The van der Waals surface area contributed by atoms with Crippen LogP contribution in [0.4, 0.5) is 16.2 Å². The number of barbiturate groups is 1. The molecule has 1 aliphatic heterocycles. The molecule has 0 bridgehead atoms. The van der Waals surface area contributed by atoms with Crippen molar-refractivity contribution in [1.82, 2.24) is 5.32 Å². The molecule has 4 aromatic carbocycles. The van der Waals surface area contributed by atoms with Gasteiger partial charge in [0.1, 0.15) is 30.3 Å². The number of nitro groups is 1. The van der Waals surface area contributed by atoms with E-state index < -0.39 is 22.8 Å². The van der Waals surface area contributed by atoms with Crippen LogP contribution < -0.4 is 19.7 Å². The highest BCUT2D eigenvalue weighted by Gasteiger charge is 2.37. The Balaban J connectivity index is 1.35. The van der Waals surface area contributed by atoms with Crippen LogP contribution in [-0.2, 0) is 22.8 Å². The lowest BCUT2D eigenvalue weighted by Gasteiger charge is -2.26. The molecule has 10 nitrogen and oxygen atoms in total. The fraction of sp³-hybridized carbons (Fsp3) is 0.0645. The summed E-state index contributed by atoms with van der Waals surface area (Å²) >= 11 is 6.78. The van der Waals surface area contributed by atoms with Crippen LogP contribution in [0.1, 0.15) is 16.7 Å². The number of ether oxygens (including phenoxy) is 2. The zero-order valence-corrected chi connectivity index (χ0v) is 25.3. The Morgan fingerprint density at radius 3 is 2.23 bits per heavy atom. The van der Waals surface area contributed by atoms with Crippen LogP contribution in [0.15, 0.2) is 106 Å². The Labute approximate surface area is 262 Å². The van der Waals surface area contributed by atoms with E-state index in [1.54, 1.807) is 54.6 Å². The van der Waals surface area contributed by atoms with Crippen LogP contribution in [0.5, 0.6) is 11.5 Å². The van der Waals surface area contributed by atoms with E-state index in [2.05, 4.69) is 37.2 Å². The number of carbonyl (C=O) groups is 3. The van der Waals surface area contributed by atoms with Crippen LogP contribution in [0.2, 0.25) is 0 Å². The third-order valence-electron chi connectivity index (χ3n) is 6.30. The summed E-state index contributed by atoms with van der Waals surface area (Å²) in [5.41, 5.74) is 1.79. The SMILES string of the molecule is O=C1NC(=O)N(c2ccc(OCc3ccc(Br)cc3)cc2)C(=O)/C1=C/c1cc(Br)ccc1OCc1cccc([N+](=O)[O-])c1. The van der Waals surface area contributed by atoms with Crippen molar-refractivity contribution in [2.45, 2.75) is 13.2 Å². The fourth-order valence-electron chi connectivity index (χ4n) is 4.17. The molecule has 0 saturated carbocycles. The third-order valence-corrected chi connectivity index (χ3v) is 7.32. The largest absolute Gasteiger partial charge is 0.489 e. The first-order valence-corrected chi connectivity index (χ1v) is 14.3. The summed E-state index contributed by atoms with van der Waals surface area (Å²) in [6.07, 6.45) is 1.33. The van der Waals surface area contributed by atoms with E-state index in [-0.39, 0.29) is 23.6 Å². The van der Waals surface area contributed by atoms with Gasteiger partial charge in [0.2, 0.25) is 0 Å². The van der Waals surface area contributed by atoms with Gasteiger partial charge < -0.3 is 9.47 Å². The van der Waals surface area contributed by atoms with Crippen molar-refractivity contribution in [1.29, 1.82) is 0 Å². The molecular weight excluding hydrogens is 686 g/mol. The quantitative estimate of drug-likeness (QED) is 0.0864. The summed E-state index contributed by atoms with van der Waals surface area (Å²) in [4.78, 5) is 50.5. The van der Waals surface area contributed by atoms with Gasteiger partial charge >= 0.3 is 6.03 Å². The van der Waals surface area contributed by atoms with Gasteiger partial charge in [-0.05, 0) is 71.8 Å². The Bertz CT molecular complexity index is 1760. The van der Waals surface area contributed by atoms with E-state index in [9.17, 15) is 24.5 Å². The van der Waals surface area contributed by atoms with Crippen molar-refractivity contribution in [2.24, 2.45) is 0 Å². The number of anilines is 1. The number of non-ortho nitro benzene ring substituents is 1. The van der Waals surface area contributed by atoms with Crippen molar-refractivity contribution in [3.05, 3.63) is 132 Å². The van der Waals surface area contributed by atoms with Gasteiger partial charge in [0.05, 0.1) is 10.6 Å². The lowest BCUT2D eigenvalue weighted by molar-refractivity contribution is -0.384. The van der Waals surface area contributed by atoms with Crippen molar-refractivity contribution < 1.29 is 28.8 Å². The molecular formula is C31H21Br2N3O7. The van der Waals surface area contributed by atoms with E-state index in [1.165, 1.54) is 18.2 Å². The number of imide groups is 2. The van der Waals surface area contributed by atoms with E-state index in [4.69, 9.17) is 9.47 Å². The summed E-state index contributed by atoms with van der Waals surface area (Å²) < 4.78 is 13.3. The topological polar surface area (TPSA) is 128 Å². The Morgan fingerprint density at radius 1 is 0.814 bits per heavy atom. The van der Waals surface area contributed by atoms with Gasteiger partial charge in [-0.15, -0.1) is 0 Å². The second kappa shape index (κ2) is 13.0. The van der Waals surface area contributed by atoms with Gasteiger partial charge in [0.15, 0.2) is 0 Å². The molecule has 216 valence electrons. The molecule has 1 N–H and O–H groups in total. The fourth-order valence-corrected chi connectivity index (χ4v) is 4.81. The lowest BCUT2D eigenvalue weighted by Crippen LogP contribution is -2.54. The first-order valence-electron chi connectivity index (χ1n) is 12.7. The maximum absolute atomic E-state index is 13.5. The minimum absolute atomic E-state index is 0.000475. The van der Waals surface area contributed by atoms with Crippen LogP contribution in [0.3, 0.4) is 0 Å². The zero-order chi connectivity index (χ0) is 30.5. The van der Waals surface area contributed by atoms with Gasteiger partial charge in [-0.3, -0.25) is 25.0 Å². The smallest absolute Gasteiger partial charge is 0.335 e. The number of hydrogen-bond donors (Lipinski definition) is 1. The highest BCUT2D eigenvalue weighted by atomic mass is 79.9. The second-order valence-corrected chi connectivity index (χ2v) is 11.1. The molecule has 0 radical (unpaired) electrons. The van der Waals surface area contributed by atoms with Gasteiger partial charge in [0, 0.05) is 26.6 Å². The molecule has 0 aromatic heterocycles. The molecule has 1 saturated heterocycles. The number of nitrogens with zero attached hydrogens (tertiary/aromatic N) is 2. The molecule has 43 heavy (non-hydrogen) atoms. The van der Waals surface area contributed by atoms with E-state index >= 15 is 0 Å². The predicted molar refractivity (Wildman–Crippen MR) is 165 cm³/mol. The number of halogens is 2. The number of hydrogen-bond acceptors (Lipinski definition) is 7. The molecule has 4 amide bonds. The Kier molecular flexibility index (Phi) is 8.98. The van der Waals surface area contributed by atoms with E-state index in [1.807, 2.05) is 24.3 Å². The summed E-state index contributed by atoms with van der Waals surface area (Å²) in [6, 6.07) is 24.2. The molecule has 0 aliphatic carbocycles. The summed E-state index contributed by atoms with van der Waals surface area (Å²) in [5.74, 6) is -0.825. The number of amides is 4. The number of nitro benzene ring substituents is 1. The number of rotatable bonds is 9. The minimum Gasteiger partial charge on any atom is -0.489 e. The maximum atomic E-state index is 13.5. The first-order chi connectivity index (χ1) is 20.7. The normalized spacial score (nSPS) is 14.0. The molecule has 1 aliphatic rings. The first kappa shape index (κ1) is 29.7. The highest BCUT2D eigenvalue weighted by molar-refractivity contribution is 9.10. The lowest BCUT2D eigenvalue weighted by atomic mass is 10.1. The molecule has 5 rings (SSSR count). The van der Waals surface area contributed by atoms with Gasteiger partial charge in [0.25, 0.3) is 17.5 Å². The second-order valence-electron chi connectivity index (χ2n) is 9.26. The minimum atomic E-state index is -0.882. The van der Waals surface area contributed by atoms with Crippen LogP contribution in [0, 0.1) is 10.1 Å². The van der Waals surface area contributed by atoms with E-state index in [0.29, 0.717) is 33.7 Å². The Hall–Kier alpha value is -4.81. The number of carbonyl (C=O) groups excluding carboxylic acids is 3.